The maximum absolute atomic E-state index is 10.9. The van der Waals surface area contributed by atoms with Crippen LogP contribution < -0.4 is 0 Å². The maximum atomic E-state index is 10.9. The van der Waals surface area contributed by atoms with Crippen molar-refractivity contribution in [1.29, 1.82) is 0 Å². The van der Waals surface area contributed by atoms with Crippen molar-refractivity contribution in [2.24, 2.45) is 0 Å². The summed E-state index contributed by atoms with van der Waals surface area (Å²) in [5.41, 5.74) is -0.375. The average Bonchev–Trinajstić information content (AvgIpc) is 2.65. The first-order valence-electron chi connectivity index (χ1n) is 3.92. The average molecular weight is 239 g/mol. The zero-order chi connectivity index (χ0) is 11.5. The van der Waals surface area contributed by atoms with Gasteiger partial charge in [0.2, 0.25) is 0 Å². The van der Waals surface area contributed by atoms with Crippen LogP contribution in [0.5, 0.6) is 0 Å². The molecule has 0 aromatic carbocycles. The summed E-state index contributed by atoms with van der Waals surface area (Å²) in [6, 6.07) is 0. The summed E-state index contributed by atoms with van der Waals surface area (Å²) in [4.78, 5) is 25.6. The first-order chi connectivity index (χ1) is 7.03. The van der Waals surface area contributed by atoms with Gasteiger partial charge in [0.1, 0.15) is 0 Å². The molecular formula is C8H10LiNO5S. The van der Waals surface area contributed by atoms with E-state index in [2.05, 4.69) is 9.72 Å². The second-order valence-electron chi connectivity index (χ2n) is 2.80. The Labute approximate surface area is 107 Å². The molecule has 0 aliphatic rings. The molecule has 0 radical (unpaired) electrons. The number of aliphatic carboxylic acids is 2. The molecule has 0 amide bonds. The monoisotopic (exact) mass is 239 g/mol. The summed E-state index contributed by atoms with van der Waals surface area (Å²) in [5.74, 6) is -3.07. The summed E-state index contributed by atoms with van der Waals surface area (Å²) < 4.78 is 4.60. The Balaban J connectivity index is 0.00000225. The van der Waals surface area contributed by atoms with Gasteiger partial charge >= 0.3 is 30.8 Å². The quantitative estimate of drug-likeness (QED) is 0.535. The molecule has 0 aliphatic heterocycles. The molecule has 1 heterocycles. The number of carboxylic acids is 2. The molecule has 1 aromatic rings. The number of aromatic nitrogens is 1. The third-order valence-corrected chi connectivity index (χ3v) is 2.59. The SMILES string of the molecule is COC(Cc1cscn1)(C(=O)O)C(=O)O.[LiH]. The van der Waals surface area contributed by atoms with Gasteiger partial charge in [-0.15, -0.1) is 11.3 Å². The number of hydrogen-bond acceptors (Lipinski definition) is 5. The normalized spacial score (nSPS) is 10.6. The van der Waals surface area contributed by atoms with Crippen molar-refractivity contribution in [3.8, 4) is 0 Å². The number of nitrogens with zero attached hydrogens (tertiary/aromatic N) is 1. The minimum absolute atomic E-state index is 0. The molecule has 0 bridgehead atoms. The zero-order valence-corrected chi connectivity index (χ0v) is 8.65. The van der Waals surface area contributed by atoms with Crippen LogP contribution in [0.15, 0.2) is 10.9 Å². The third kappa shape index (κ3) is 2.83. The molecule has 84 valence electrons. The molecule has 6 nitrogen and oxygen atoms in total. The Morgan fingerprint density at radius 1 is 1.50 bits per heavy atom. The van der Waals surface area contributed by atoms with Gasteiger partial charge < -0.3 is 14.9 Å². The second kappa shape index (κ2) is 6.01. The van der Waals surface area contributed by atoms with E-state index in [9.17, 15) is 9.59 Å². The van der Waals surface area contributed by atoms with E-state index >= 15 is 0 Å². The van der Waals surface area contributed by atoms with Gasteiger partial charge in [0.05, 0.1) is 11.2 Å². The van der Waals surface area contributed by atoms with Gasteiger partial charge in [-0.2, -0.15) is 0 Å². The van der Waals surface area contributed by atoms with Gasteiger partial charge in [-0.05, 0) is 0 Å². The number of ether oxygens (including phenoxy) is 1. The Bertz CT molecular complexity index is 353. The molecule has 1 aromatic heterocycles. The van der Waals surface area contributed by atoms with Crippen LogP contribution in [0, 0.1) is 0 Å². The van der Waals surface area contributed by atoms with Crippen molar-refractivity contribution >= 4 is 42.1 Å². The van der Waals surface area contributed by atoms with Crippen molar-refractivity contribution in [2.75, 3.05) is 7.11 Å². The molecule has 8 heteroatoms. The molecule has 0 unspecified atom stereocenters. The van der Waals surface area contributed by atoms with Crippen molar-refractivity contribution in [2.45, 2.75) is 12.0 Å². The van der Waals surface area contributed by atoms with Crippen molar-refractivity contribution in [1.82, 2.24) is 4.98 Å². The molecule has 0 saturated heterocycles. The first kappa shape index (κ1) is 15.1. The van der Waals surface area contributed by atoms with E-state index in [-0.39, 0.29) is 25.3 Å². The van der Waals surface area contributed by atoms with Gasteiger partial charge in [-0.1, -0.05) is 0 Å². The molecule has 1 rings (SSSR count). The molecule has 0 spiro atoms. The summed E-state index contributed by atoms with van der Waals surface area (Å²) in [6.45, 7) is 0. The predicted molar refractivity (Wildman–Crippen MR) is 58.0 cm³/mol. The number of methoxy groups -OCH3 is 1. The van der Waals surface area contributed by atoms with Crippen LogP contribution in [0.4, 0.5) is 0 Å². The molecule has 0 atom stereocenters. The number of hydrogen-bond donors (Lipinski definition) is 2. The van der Waals surface area contributed by atoms with Crippen molar-refractivity contribution in [3.63, 3.8) is 0 Å². The molecule has 0 saturated carbocycles. The standard InChI is InChI=1S/C8H9NO5S.Li.H/c1-14-8(6(10)11,7(12)13)2-5-3-15-4-9-5;;/h3-4H,2H2,1H3,(H,10,11)(H,12,13);;. The second-order valence-corrected chi connectivity index (χ2v) is 3.52. The topological polar surface area (TPSA) is 96.7 Å². The van der Waals surface area contributed by atoms with E-state index in [1.807, 2.05) is 0 Å². The zero-order valence-electron chi connectivity index (χ0n) is 7.84. The van der Waals surface area contributed by atoms with Crippen LogP contribution in [-0.4, -0.2) is 58.7 Å². The molecule has 0 aliphatic carbocycles. The summed E-state index contributed by atoms with van der Waals surface area (Å²) in [6.07, 6.45) is -0.294. The molecule has 16 heavy (non-hydrogen) atoms. The van der Waals surface area contributed by atoms with Crippen LogP contribution in [0.1, 0.15) is 5.69 Å². The van der Waals surface area contributed by atoms with Crippen molar-refractivity contribution < 1.29 is 24.5 Å². The van der Waals surface area contributed by atoms with Crippen LogP contribution in [0.2, 0.25) is 0 Å². The summed E-state index contributed by atoms with van der Waals surface area (Å²) >= 11 is 1.26. The van der Waals surface area contributed by atoms with Crippen LogP contribution in [0.25, 0.3) is 0 Å². The summed E-state index contributed by atoms with van der Waals surface area (Å²) in [5, 5.41) is 19.3. The van der Waals surface area contributed by atoms with Crippen LogP contribution in [0.3, 0.4) is 0 Å². The van der Waals surface area contributed by atoms with E-state index in [0.29, 0.717) is 5.69 Å². The van der Waals surface area contributed by atoms with Gasteiger partial charge in [0, 0.05) is 18.9 Å². The van der Waals surface area contributed by atoms with Gasteiger partial charge in [0.15, 0.2) is 0 Å². The third-order valence-electron chi connectivity index (χ3n) is 1.95. The van der Waals surface area contributed by atoms with E-state index in [4.69, 9.17) is 10.2 Å². The van der Waals surface area contributed by atoms with Crippen LogP contribution >= 0.6 is 11.3 Å². The minimum atomic E-state index is -2.26. The van der Waals surface area contributed by atoms with Gasteiger partial charge in [-0.3, -0.25) is 0 Å². The fourth-order valence-corrected chi connectivity index (χ4v) is 1.63. The Morgan fingerprint density at radius 3 is 2.38 bits per heavy atom. The molecule has 0 fully saturated rings. The van der Waals surface area contributed by atoms with Crippen LogP contribution in [-0.2, 0) is 20.7 Å². The number of carboxylic acid groups (broad SMARTS) is 2. The van der Waals surface area contributed by atoms with Gasteiger partial charge in [0.25, 0.3) is 5.60 Å². The number of carbonyl (C=O) groups is 2. The number of thiazole rings is 1. The van der Waals surface area contributed by atoms with E-state index < -0.39 is 17.5 Å². The Kier molecular flexibility index (Phi) is 5.68. The predicted octanol–water partition coefficient (Wildman–Crippen LogP) is -0.409. The Morgan fingerprint density at radius 2 is 2.06 bits per heavy atom. The summed E-state index contributed by atoms with van der Waals surface area (Å²) in [7, 11) is 1.05. The molecular weight excluding hydrogens is 229 g/mol. The fourth-order valence-electron chi connectivity index (χ4n) is 1.07. The van der Waals surface area contributed by atoms with E-state index in [1.54, 1.807) is 5.38 Å². The van der Waals surface area contributed by atoms with E-state index in [0.717, 1.165) is 7.11 Å². The number of rotatable bonds is 5. The van der Waals surface area contributed by atoms with Gasteiger partial charge in [-0.25, -0.2) is 14.6 Å². The van der Waals surface area contributed by atoms with Crippen molar-refractivity contribution in [3.05, 3.63) is 16.6 Å². The Hall–Kier alpha value is -0.873. The van der Waals surface area contributed by atoms with E-state index in [1.165, 1.54) is 16.8 Å². The first-order valence-corrected chi connectivity index (χ1v) is 4.86. The fraction of sp³-hybridized carbons (Fsp3) is 0.375. The molecule has 2 N–H and O–H groups in total.